The Hall–Kier alpha value is -3.04. The Morgan fingerprint density at radius 1 is 1.19 bits per heavy atom. The van der Waals surface area contributed by atoms with Gasteiger partial charge in [-0.3, -0.25) is 9.59 Å². The van der Waals surface area contributed by atoms with Crippen molar-refractivity contribution >= 4 is 28.5 Å². The van der Waals surface area contributed by atoms with Gasteiger partial charge in [-0.1, -0.05) is 17.7 Å². The standard InChI is InChI=1S/C22H19ClF3NO5/c1-2-30-20(29)12-27-8-9-31-18-10-13(22(24,25)26)6-7-15(18)19-11-17(28)14-4-3-5-16(23)21(14)32-19/h3-7,10-11,27H,2,8-9,12H2,1H3. The minimum Gasteiger partial charge on any atom is -0.491 e. The molecule has 0 spiro atoms. The van der Waals surface area contributed by atoms with E-state index < -0.39 is 23.1 Å². The highest BCUT2D eigenvalue weighted by Crippen LogP contribution is 2.38. The molecule has 1 N–H and O–H groups in total. The molecule has 0 aliphatic heterocycles. The molecule has 0 amide bonds. The zero-order chi connectivity index (χ0) is 23.3. The summed E-state index contributed by atoms with van der Waals surface area (Å²) in [5.41, 5.74) is -1.04. The first kappa shape index (κ1) is 23.6. The van der Waals surface area contributed by atoms with Gasteiger partial charge in [-0.15, -0.1) is 0 Å². The number of fused-ring (bicyclic) bond motifs is 1. The van der Waals surface area contributed by atoms with E-state index in [1.165, 1.54) is 24.3 Å². The molecule has 1 heterocycles. The SMILES string of the molecule is CCOC(=O)CNCCOc1cc(C(F)(F)F)ccc1-c1cc(=O)c2cccc(Cl)c2o1. The van der Waals surface area contributed by atoms with E-state index in [-0.39, 0.29) is 59.4 Å². The summed E-state index contributed by atoms with van der Waals surface area (Å²) in [4.78, 5) is 23.8. The van der Waals surface area contributed by atoms with Gasteiger partial charge in [0.25, 0.3) is 0 Å². The number of nitrogens with one attached hydrogen (secondary N) is 1. The normalized spacial score (nSPS) is 11.5. The molecular weight excluding hydrogens is 451 g/mol. The lowest BCUT2D eigenvalue weighted by molar-refractivity contribution is -0.142. The zero-order valence-electron chi connectivity index (χ0n) is 16.9. The van der Waals surface area contributed by atoms with Gasteiger partial charge in [0.05, 0.1) is 34.7 Å². The highest BCUT2D eigenvalue weighted by molar-refractivity contribution is 6.34. The zero-order valence-corrected chi connectivity index (χ0v) is 17.7. The fourth-order valence-electron chi connectivity index (χ4n) is 2.93. The average molecular weight is 470 g/mol. The quantitative estimate of drug-likeness (QED) is 0.382. The van der Waals surface area contributed by atoms with E-state index in [2.05, 4.69) is 5.32 Å². The van der Waals surface area contributed by atoms with Gasteiger partial charge < -0.3 is 19.2 Å². The molecule has 10 heteroatoms. The highest BCUT2D eigenvalue weighted by Gasteiger charge is 2.31. The van der Waals surface area contributed by atoms with Crippen molar-refractivity contribution in [1.29, 1.82) is 0 Å². The average Bonchev–Trinajstić information content (AvgIpc) is 2.73. The number of alkyl halides is 3. The van der Waals surface area contributed by atoms with Gasteiger partial charge in [-0.2, -0.15) is 13.2 Å². The van der Waals surface area contributed by atoms with E-state index in [0.29, 0.717) is 0 Å². The smallest absolute Gasteiger partial charge is 0.416 e. The number of esters is 1. The van der Waals surface area contributed by atoms with Crippen molar-refractivity contribution in [2.24, 2.45) is 0 Å². The van der Waals surface area contributed by atoms with E-state index in [0.717, 1.165) is 12.1 Å². The number of para-hydroxylation sites is 1. The summed E-state index contributed by atoms with van der Waals surface area (Å²) in [7, 11) is 0. The maximum absolute atomic E-state index is 13.2. The van der Waals surface area contributed by atoms with Crippen LogP contribution in [-0.2, 0) is 15.7 Å². The number of benzene rings is 2. The van der Waals surface area contributed by atoms with Crippen LogP contribution in [0.5, 0.6) is 5.75 Å². The number of hydrogen-bond donors (Lipinski definition) is 1. The maximum atomic E-state index is 13.2. The molecule has 0 atom stereocenters. The van der Waals surface area contributed by atoms with Crippen LogP contribution in [-0.4, -0.2) is 32.3 Å². The lowest BCUT2D eigenvalue weighted by Gasteiger charge is -2.15. The van der Waals surface area contributed by atoms with Crippen molar-refractivity contribution in [2.75, 3.05) is 26.3 Å². The molecular formula is C22H19ClF3NO5. The molecule has 0 bridgehead atoms. The third-order valence-electron chi connectivity index (χ3n) is 4.39. The van der Waals surface area contributed by atoms with Crippen molar-refractivity contribution in [3.8, 4) is 17.1 Å². The summed E-state index contributed by atoms with van der Waals surface area (Å²) in [6.45, 7) is 1.97. The second-order valence-corrected chi connectivity index (χ2v) is 7.04. The van der Waals surface area contributed by atoms with Gasteiger partial charge in [0.15, 0.2) is 11.0 Å². The summed E-state index contributed by atoms with van der Waals surface area (Å²) < 4.78 is 55.7. The van der Waals surface area contributed by atoms with E-state index >= 15 is 0 Å². The van der Waals surface area contributed by atoms with Crippen LogP contribution in [0.15, 0.2) is 51.7 Å². The second-order valence-electron chi connectivity index (χ2n) is 6.63. The lowest BCUT2D eigenvalue weighted by Crippen LogP contribution is -2.28. The van der Waals surface area contributed by atoms with Gasteiger partial charge in [-0.25, -0.2) is 0 Å². The van der Waals surface area contributed by atoms with Gasteiger partial charge >= 0.3 is 12.1 Å². The predicted octanol–water partition coefficient (Wildman–Crippen LogP) is 4.66. The number of hydrogen-bond acceptors (Lipinski definition) is 6. The Kier molecular flexibility index (Phi) is 7.42. The van der Waals surface area contributed by atoms with Crippen molar-refractivity contribution < 1.29 is 31.9 Å². The lowest BCUT2D eigenvalue weighted by atomic mass is 10.1. The highest BCUT2D eigenvalue weighted by atomic mass is 35.5. The summed E-state index contributed by atoms with van der Waals surface area (Å²) in [5.74, 6) is -0.576. The molecule has 0 saturated heterocycles. The molecule has 32 heavy (non-hydrogen) atoms. The largest absolute Gasteiger partial charge is 0.491 e. The topological polar surface area (TPSA) is 77.8 Å². The molecule has 0 radical (unpaired) electrons. The van der Waals surface area contributed by atoms with Crippen LogP contribution >= 0.6 is 11.6 Å². The van der Waals surface area contributed by atoms with Crippen LogP contribution in [0.3, 0.4) is 0 Å². The number of carbonyl (C=O) groups excluding carboxylic acids is 1. The molecule has 170 valence electrons. The maximum Gasteiger partial charge on any atom is 0.416 e. The summed E-state index contributed by atoms with van der Waals surface area (Å²) >= 11 is 6.12. The number of halogens is 4. The van der Waals surface area contributed by atoms with E-state index in [1.807, 2.05) is 0 Å². The Morgan fingerprint density at radius 3 is 2.69 bits per heavy atom. The predicted molar refractivity (Wildman–Crippen MR) is 113 cm³/mol. The molecule has 6 nitrogen and oxygen atoms in total. The molecule has 0 unspecified atom stereocenters. The molecule has 3 aromatic rings. The summed E-state index contributed by atoms with van der Waals surface area (Å²) in [5, 5.41) is 3.21. The van der Waals surface area contributed by atoms with Gasteiger partial charge in [0.1, 0.15) is 18.1 Å². The van der Waals surface area contributed by atoms with Crippen LogP contribution in [0.2, 0.25) is 5.02 Å². The first-order valence-electron chi connectivity index (χ1n) is 9.64. The van der Waals surface area contributed by atoms with Gasteiger partial charge in [0.2, 0.25) is 0 Å². The van der Waals surface area contributed by atoms with Crippen molar-refractivity contribution in [2.45, 2.75) is 13.1 Å². The monoisotopic (exact) mass is 469 g/mol. The summed E-state index contributed by atoms with van der Waals surface area (Å²) in [6, 6.07) is 8.72. The van der Waals surface area contributed by atoms with Crippen LogP contribution < -0.4 is 15.5 Å². The molecule has 3 rings (SSSR count). The molecule has 2 aromatic carbocycles. The second kappa shape index (κ2) is 10.1. The third kappa shape index (κ3) is 5.60. The molecule has 0 aliphatic rings. The molecule has 0 fully saturated rings. The Labute approximate surface area is 185 Å². The minimum absolute atomic E-state index is 0.0128. The minimum atomic E-state index is -4.59. The molecule has 1 aromatic heterocycles. The molecule has 0 saturated carbocycles. The number of ether oxygens (including phenoxy) is 2. The Morgan fingerprint density at radius 2 is 1.97 bits per heavy atom. The Balaban J connectivity index is 1.90. The van der Waals surface area contributed by atoms with Crippen LogP contribution in [0.25, 0.3) is 22.3 Å². The van der Waals surface area contributed by atoms with E-state index in [1.54, 1.807) is 13.0 Å². The van der Waals surface area contributed by atoms with Crippen molar-refractivity contribution in [3.63, 3.8) is 0 Å². The first-order chi connectivity index (χ1) is 15.2. The summed E-state index contributed by atoms with van der Waals surface area (Å²) in [6.07, 6.45) is -4.59. The van der Waals surface area contributed by atoms with Crippen molar-refractivity contribution in [3.05, 3.63) is 63.3 Å². The Bertz CT molecular complexity index is 1180. The first-order valence-corrected chi connectivity index (χ1v) is 10.0. The fourth-order valence-corrected chi connectivity index (χ4v) is 3.15. The van der Waals surface area contributed by atoms with Gasteiger partial charge in [-0.05, 0) is 37.3 Å². The van der Waals surface area contributed by atoms with Crippen LogP contribution in [0.1, 0.15) is 12.5 Å². The van der Waals surface area contributed by atoms with Crippen LogP contribution in [0, 0.1) is 0 Å². The third-order valence-corrected chi connectivity index (χ3v) is 4.69. The van der Waals surface area contributed by atoms with Crippen LogP contribution in [0.4, 0.5) is 13.2 Å². The van der Waals surface area contributed by atoms with E-state index in [4.69, 9.17) is 25.5 Å². The van der Waals surface area contributed by atoms with Crippen molar-refractivity contribution in [1.82, 2.24) is 5.32 Å². The fraction of sp³-hybridized carbons (Fsp3) is 0.273. The molecule has 0 aliphatic carbocycles. The number of rotatable bonds is 8. The van der Waals surface area contributed by atoms with E-state index in [9.17, 15) is 22.8 Å². The number of carbonyl (C=O) groups is 1. The van der Waals surface area contributed by atoms with Gasteiger partial charge in [0, 0.05) is 12.6 Å².